The summed E-state index contributed by atoms with van der Waals surface area (Å²) < 4.78 is 0. The van der Waals surface area contributed by atoms with Crippen LogP contribution < -0.4 is 11.1 Å². The van der Waals surface area contributed by atoms with E-state index in [4.69, 9.17) is 5.73 Å². The molecule has 0 saturated heterocycles. The fraction of sp³-hybridized carbons (Fsp3) is 0.625. The molecule has 1 aromatic carbocycles. The number of rotatable bonds is 8. The predicted molar refractivity (Wildman–Crippen MR) is 80.0 cm³/mol. The Morgan fingerprint density at radius 3 is 2.33 bits per heavy atom. The summed E-state index contributed by atoms with van der Waals surface area (Å²) in [5, 5.41) is 3.43. The van der Waals surface area contributed by atoms with Gasteiger partial charge >= 0.3 is 0 Å². The molecule has 18 heavy (non-hydrogen) atoms. The van der Waals surface area contributed by atoms with Gasteiger partial charge in [0.1, 0.15) is 0 Å². The van der Waals surface area contributed by atoms with Gasteiger partial charge in [0.15, 0.2) is 0 Å². The molecule has 3 N–H and O–H groups in total. The molecule has 2 heteroatoms. The zero-order valence-electron chi connectivity index (χ0n) is 12.1. The van der Waals surface area contributed by atoms with Gasteiger partial charge in [0.25, 0.3) is 0 Å². The Bertz CT molecular complexity index is 316. The van der Waals surface area contributed by atoms with E-state index in [0.717, 1.165) is 25.9 Å². The Morgan fingerprint density at radius 1 is 1.11 bits per heavy atom. The standard InChI is InChI=1S/C16H28N2/c1-4-13(2)16-7-5-15(6-8-16)10-12-18-11-9-14(3)17/h5-8,13-14,18H,4,9-12,17H2,1-3H3. The lowest BCUT2D eigenvalue weighted by Gasteiger charge is -2.10. The summed E-state index contributed by atoms with van der Waals surface area (Å²) in [4.78, 5) is 0. The van der Waals surface area contributed by atoms with Crippen LogP contribution in [0.4, 0.5) is 0 Å². The number of benzene rings is 1. The Hall–Kier alpha value is -0.860. The highest BCUT2D eigenvalue weighted by Gasteiger charge is 2.02. The fourth-order valence-corrected chi connectivity index (χ4v) is 1.94. The van der Waals surface area contributed by atoms with E-state index < -0.39 is 0 Å². The first-order chi connectivity index (χ1) is 8.63. The summed E-state index contributed by atoms with van der Waals surface area (Å²) in [6.07, 6.45) is 3.35. The van der Waals surface area contributed by atoms with E-state index in [2.05, 4.69) is 50.4 Å². The van der Waals surface area contributed by atoms with Crippen LogP contribution in [0, 0.1) is 0 Å². The first-order valence-corrected chi connectivity index (χ1v) is 7.18. The van der Waals surface area contributed by atoms with Crippen LogP contribution in [-0.2, 0) is 6.42 Å². The highest BCUT2D eigenvalue weighted by Crippen LogP contribution is 2.18. The fourth-order valence-electron chi connectivity index (χ4n) is 1.94. The first kappa shape index (κ1) is 15.2. The first-order valence-electron chi connectivity index (χ1n) is 7.18. The van der Waals surface area contributed by atoms with E-state index >= 15 is 0 Å². The van der Waals surface area contributed by atoms with Gasteiger partial charge < -0.3 is 11.1 Å². The molecule has 1 aromatic rings. The van der Waals surface area contributed by atoms with Crippen LogP contribution >= 0.6 is 0 Å². The van der Waals surface area contributed by atoms with Gasteiger partial charge in [-0.15, -0.1) is 0 Å². The van der Waals surface area contributed by atoms with Crippen LogP contribution in [0.5, 0.6) is 0 Å². The maximum atomic E-state index is 5.70. The van der Waals surface area contributed by atoms with Crippen LogP contribution in [0.1, 0.15) is 50.7 Å². The molecule has 0 radical (unpaired) electrons. The van der Waals surface area contributed by atoms with Gasteiger partial charge in [0, 0.05) is 6.04 Å². The van der Waals surface area contributed by atoms with Gasteiger partial charge in [-0.3, -0.25) is 0 Å². The molecule has 0 amide bonds. The maximum Gasteiger partial charge on any atom is 0.00225 e. The normalized spacial score (nSPS) is 14.4. The van der Waals surface area contributed by atoms with Crippen LogP contribution in [0.15, 0.2) is 24.3 Å². The van der Waals surface area contributed by atoms with E-state index in [-0.39, 0.29) is 0 Å². The topological polar surface area (TPSA) is 38.0 Å². The van der Waals surface area contributed by atoms with Gasteiger partial charge in [0.2, 0.25) is 0 Å². The van der Waals surface area contributed by atoms with Gasteiger partial charge in [-0.1, -0.05) is 38.1 Å². The average Bonchev–Trinajstić information content (AvgIpc) is 2.38. The quantitative estimate of drug-likeness (QED) is 0.694. The van der Waals surface area contributed by atoms with Crippen molar-refractivity contribution in [1.29, 1.82) is 0 Å². The van der Waals surface area contributed by atoms with Crippen molar-refractivity contribution < 1.29 is 0 Å². The second kappa shape index (κ2) is 8.28. The van der Waals surface area contributed by atoms with Crippen molar-refractivity contribution in [2.24, 2.45) is 5.73 Å². The minimum absolute atomic E-state index is 0.298. The molecule has 0 aromatic heterocycles. The van der Waals surface area contributed by atoms with E-state index in [1.54, 1.807) is 0 Å². The maximum absolute atomic E-state index is 5.70. The lowest BCUT2D eigenvalue weighted by atomic mass is 9.97. The minimum atomic E-state index is 0.298. The molecule has 0 aliphatic heterocycles. The summed E-state index contributed by atoms with van der Waals surface area (Å²) in [6.45, 7) is 8.62. The largest absolute Gasteiger partial charge is 0.328 e. The second-order valence-electron chi connectivity index (χ2n) is 5.32. The van der Waals surface area contributed by atoms with E-state index in [0.29, 0.717) is 12.0 Å². The minimum Gasteiger partial charge on any atom is -0.328 e. The third-order valence-corrected chi connectivity index (χ3v) is 3.53. The summed E-state index contributed by atoms with van der Waals surface area (Å²) >= 11 is 0. The average molecular weight is 248 g/mol. The van der Waals surface area contributed by atoms with Crippen molar-refractivity contribution in [3.8, 4) is 0 Å². The van der Waals surface area contributed by atoms with Gasteiger partial charge in [-0.2, -0.15) is 0 Å². The van der Waals surface area contributed by atoms with E-state index in [1.165, 1.54) is 17.5 Å². The molecule has 0 aliphatic rings. The van der Waals surface area contributed by atoms with Crippen molar-refractivity contribution >= 4 is 0 Å². The number of hydrogen-bond donors (Lipinski definition) is 2. The van der Waals surface area contributed by atoms with Crippen LogP contribution in [0.25, 0.3) is 0 Å². The molecular weight excluding hydrogens is 220 g/mol. The zero-order valence-corrected chi connectivity index (χ0v) is 12.1. The van der Waals surface area contributed by atoms with Gasteiger partial charge in [-0.25, -0.2) is 0 Å². The molecule has 0 aliphatic carbocycles. The van der Waals surface area contributed by atoms with Crippen LogP contribution in [-0.4, -0.2) is 19.1 Å². The van der Waals surface area contributed by atoms with E-state index in [1.807, 2.05) is 0 Å². The van der Waals surface area contributed by atoms with Crippen molar-refractivity contribution in [2.45, 2.75) is 52.0 Å². The SMILES string of the molecule is CCC(C)c1ccc(CCNCCC(C)N)cc1. The molecular formula is C16H28N2. The Balaban J connectivity index is 2.27. The third kappa shape index (κ3) is 5.65. The molecule has 1 rings (SSSR count). The summed E-state index contributed by atoms with van der Waals surface area (Å²) in [6, 6.07) is 9.35. The highest BCUT2D eigenvalue weighted by atomic mass is 14.8. The Labute approximate surface area is 112 Å². The second-order valence-corrected chi connectivity index (χ2v) is 5.32. The lowest BCUT2D eigenvalue weighted by Crippen LogP contribution is -2.25. The van der Waals surface area contributed by atoms with Gasteiger partial charge in [-0.05, 0) is 56.3 Å². The summed E-state index contributed by atoms with van der Waals surface area (Å²) in [7, 11) is 0. The molecule has 0 saturated carbocycles. The monoisotopic (exact) mass is 248 g/mol. The summed E-state index contributed by atoms with van der Waals surface area (Å²) in [5.74, 6) is 0.670. The Kier molecular flexibility index (Phi) is 6.99. The van der Waals surface area contributed by atoms with Crippen LogP contribution in [0.3, 0.4) is 0 Å². The van der Waals surface area contributed by atoms with Crippen molar-refractivity contribution in [1.82, 2.24) is 5.32 Å². The molecule has 2 nitrogen and oxygen atoms in total. The predicted octanol–water partition coefficient (Wildman–Crippen LogP) is 3.07. The molecule has 0 fully saturated rings. The smallest absolute Gasteiger partial charge is 0.00225 e. The summed E-state index contributed by atoms with van der Waals surface area (Å²) in [5.41, 5.74) is 8.57. The van der Waals surface area contributed by atoms with Crippen molar-refractivity contribution in [3.05, 3.63) is 35.4 Å². The third-order valence-electron chi connectivity index (χ3n) is 3.53. The lowest BCUT2D eigenvalue weighted by molar-refractivity contribution is 0.590. The van der Waals surface area contributed by atoms with Crippen LogP contribution in [0.2, 0.25) is 0 Å². The van der Waals surface area contributed by atoms with Crippen molar-refractivity contribution in [3.63, 3.8) is 0 Å². The molecule has 102 valence electrons. The number of nitrogens with two attached hydrogens (primary N) is 1. The Morgan fingerprint density at radius 2 is 1.78 bits per heavy atom. The molecule has 2 atom stereocenters. The molecule has 2 unspecified atom stereocenters. The molecule has 0 spiro atoms. The van der Waals surface area contributed by atoms with Gasteiger partial charge in [0.05, 0.1) is 0 Å². The molecule has 0 bridgehead atoms. The molecule has 0 heterocycles. The van der Waals surface area contributed by atoms with Crippen molar-refractivity contribution in [2.75, 3.05) is 13.1 Å². The number of hydrogen-bond acceptors (Lipinski definition) is 2. The highest BCUT2D eigenvalue weighted by molar-refractivity contribution is 5.25. The van der Waals surface area contributed by atoms with E-state index in [9.17, 15) is 0 Å². The number of nitrogens with one attached hydrogen (secondary N) is 1. The zero-order chi connectivity index (χ0) is 13.4.